The lowest BCUT2D eigenvalue weighted by molar-refractivity contribution is 0.0691. The standard InChI is InChI=1S/C7H7NO2S2/c9-7(10)6-5(2-1-3-11)12-4-8-6/h1-2,4,11H,3H2,(H,9,10). The number of carboxylic acid groups (broad SMARTS) is 1. The summed E-state index contributed by atoms with van der Waals surface area (Å²) >= 11 is 5.27. The molecule has 0 saturated carbocycles. The van der Waals surface area contributed by atoms with E-state index in [1.807, 2.05) is 0 Å². The number of thiol groups is 1. The zero-order chi connectivity index (χ0) is 8.97. The molecule has 0 unspecified atom stereocenters. The van der Waals surface area contributed by atoms with Crippen LogP contribution in [0.5, 0.6) is 0 Å². The Labute approximate surface area is 79.2 Å². The van der Waals surface area contributed by atoms with Crippen molar-refractivity contribution in [2.24, 2.45) is 0 Å². The van der Waals surface area contributed by atoms with Gasteiger partial charge in [0.1, 0.15) is 0 Å². The molecule has 3 nitrogen and oxygen atoms in total. The van der Waals surface area contributed by atoms with E-state index in [2.05, 4.69) is 17.6 Å². The highest BCUT2D eigenvalue weighted by Gasteiger charge is 2.09. The van der Waals surface area contributed by atoms with Crippen LogP contribution in [0.15, 0.2) is 11.6 Å². The molecular weight excluding hydrogens is 194 g/mol. The first kappa shape index (κ1) is 9.28. The second kappa shape index (κ2) is 4.27. The maximum absolute atomic E-state index is 10.5. The van der Waals surface area contributed by atoms with Gasteiger partial charge in [-0.3, -0.25) is 0 Å². The average Bonchev–Trinajstić information content (AvgIpc) is 2.48. The van der Waals surface area contributed by atoms with Crippen molar-refractivity contribution in [3.8, 4) is 0 Å². The first-order valence-corrected chi connectivity index (χ1v) is 4.71. The van der Waals surface area contributed by atoms with E-state index in [1.165, 1.54) is 16.8 Å². The van der Waals surface area contributed by atoms with Crippen LogP contribution in [0.25, 0.3) is 6.08 Å². The molecule has 0 amide bonds. The van der Waals surface area contributed by atoms with Crippen LogP contribution in [0, 0.1) is 0 Å². The summed E-state index contributed by atoms with van der Waals surface area (Å²) < 4.78 is 0. The molecule has 0 radical (unpaired) electrons. The van der Waals surface area contributed by atoms with Crippen molar-refractivity contribution in [1.29, 1.82) is 0 Å². The molecule has 1 aromatic rings. The average molecular weight is 201 g/mol. The van der Waals surface area contributed by atoms with Gasteiger partial charge in [0.2, 0.25) is 0 Å². The molecule has 1 aromatic heterocycles. The van der Waals surface area contributed by atoms with E-state index in [0.717, 1.165) is 0 Å². The molecule has 64 valence electrons. The number of hydrogen-bond donors (Lipinski definition) is 2. The van der Waals surface area contributed by atoms with Crippen LogP contribution in [0.2, 0.25) is 0 Å². The Morgan fingerprint density at radius 1 is 1.83 bits per heavy atom. The number of hydrogen-bond acceptors (Lipinski definition) is 4. The van der Waals surface area contributed by atoms with Crippen molar-refractivity contribution < 1.29 is 9.90 Å². The van der Waals surface area contributed by atoms with Gasteiger partial charge in [0.25, 0.3) is 0 Å². The van der Waals surface area contributed by atoms with Gasteiger partial charge in [-0.15, -0.1) is 11.3 Å². The summed E-state index contributed by atoms with van der Waals surface area (Å²) in [5, 5.41) is 8.65. The van der Waals surface area contributed by atoms with Crippen molar-refractivity contribution >= 4 is 36.0 Å². The van der Waals surface area contributed by atoms with E-state index in [4.69, 9.17) is 5.11 Å². The predicted octanol–water partition coefficient (Wildman–Crippen LogP) is 1.78. The first-order chi connectivity index (χ1) is 5.75. The summed E-state index contributed by atoms with van der Waals surface area (Å²) in [7, 11) is 0. The Morgan fingerprint density at radius 2 is 2.58 bits per heavy atom. The van der Waals surface area contributed by atoms with Crippen molar-refractivity contribution in [3.63, 3.8) is 0 Å². The first-order valence-electron chi connectivity index (χ1n) is 3.20. The fourth-order valence-corrected chi connectivity index (χ4v) is 1.50. The summed E-state index contributed by atoms with van der Waals surface area (Å²) in [5.74, 6) is -0.396. The molecule has 0 aliphatic carbocycles. The molecule has 0 aromatic carbocycles. The molecule has 1 heterocycles. The van der Waals surface area contributed by atoms with Gasteiger partial charge in [-0.05, 0) is 6.08 Å². The van der Waals surface area contributed by atoms with Crippen molar-refractivity contribution in [2.45, 2.75) is 0 Å². The zero-order valence-electron chi connectivity index (χ0n) is 6.10. The number of carboxylic acids is 1. The Kier molecular flexibility index (Phi) is 3.31. The largest absolute Gasteiger partial charge is 0.476 e. The highest BCUT2D eigenvalue weighted by molar-refractivity contribution is 7.80. The zero-order valence-corrected chi connectivity index (χ0v) is 7.81. The highest BCUT2D eigenvalue weighted by Crippen LogP contribution is 2.14. The van der Waals surface area contributed by atoms with Crippen LogP contribution in [-0.2, 0) is 0 Å². The molecule has 0 atom stereocenters. The van der Waals surface area contributed by atoms with Gasteiger partial charge in [0, 0.05) is 5.75 Å². The maximum Gasteiger partial charge on any atom is 0.356 e. The van der Waals surface area contributed by atoms with Gasteiger partial charge in [0.05, 0.1) is 10.4 Å². The SMILES string of the molecule is O=C(O)c1ncsc1C=CCS. The van der Waals surface area contributed by atoms with Crippen molar-refractivity contribution in [3.05, 3.63) is 22.2 Å². The number of carbonyl (C=O) groups is 1. The topological polar surface area (TPSA) is 50.2 Å². The van der Waals surface area contributed by atoms with E-state index in [-0.39, 0.29) is 5.69 Å². The maximum atomic E-state index is 10.5. The van der Waals surface area contributed by atoms with Crippen LogP contribution < -0.4 is 0 Å². The third-order valence-electron chi connectivity index (χ3n) is 1.17. The van der Waals surface area contributed by atoms with Crippen LogP contribution in [-0.4, -0.2) is 21.8 Å². The summed E-state index contributed by atoms with van der Waals surface area (Å²) in [6.45, 7) is 0. The van der Waals surface area contributed by atoms with Crippen LogP contribution >= 0.6 is 24.0 Å². The van der Waals surface area contributed by atoms with E-state index in [9.17, 15) is 4.79 Å². The molecule has 0 aliphatic rings. The Balaban J connectivity index is 2.91. The van der Waals surface area contributed by atoms with Gasteiger partial charge in [-0.2, -0.15) is 12.6 Å². The highest BCUT2D eigenvalue weighted by atomic mass is 32.1. The predicted molar refractivity (Wildman–Crippen MR) is 52.0 cm³/mol. The fourth-order valence-electron chi connectivity index (χ4n) is 0.694. The molecule has 0 saturated heterocycles. The molecule has 1 rings (SSSR count). The number of thiazole rings is 1. The number of aromatic nitrogens is 1. The number of rotatable bonds is 3. The summed E-state index contributed by atoms with van der Waals surface area (Å²) in [5.41, 5.74) is 1.62. The Morgan fingerprint density at radius 3 is 3.17 bits per heavy atom. The monoisotopic (exact) mass is 201 g/mol. The molecule has 12 heavy (non-hydrogen) atoms. The lowest BCUT2D eigenvalue weighted by atomic mass is 10.3. The summed E-state index contributed by atoms with van der Waals surface area (Å²) in [4.78, 5) is 14.9. The Bertz CT molecular complexity index is 306. The molecule has 0 bridgehead atoms. The fraction of sp³-hybridized carbons (Fsp3) is 0.143. The van der Waals surface area contributed by atoms with E-state index < -0.39 is 5.97 Å². The second-order valence-corrected chi connectivity index (χ2v) is 3.21. The minimum Gasteiger partial charge on any atom is -0.476 e. The molecule has 1 N–H and O–H groups in total. The normalized spacial score (nSPS) is 10.8. The van der Waals surface area contributed by atoms with Crippen LogP contribution in [0.1, 0.15) is 15.4 Å². The second-order valence-electron chi connectivity index (χ2n) is 1.96. The van der Waals surface area contributed by atoms with Gasteiger partial charge >= 0.3 is 5.97 Å². The van der Waals surface area contributed by atoms with E-state index in [1.54, 1.807) is 12.2 Å². The molecular formula is C7H7NO2S2. The quantitative estimate of drug-likeness (QED) is 0.733. The molecule has 0 fully saturated rings. The Hall–Kier alpha value is -0.810. The van der Waals surface area contributed by atoms with Gasteiger partial charge in [0.15, 0.2) is 5.69 Å². The minimum absolute atomic E-state index is 0.109. The van der Waals surface area contributed by atoms with Crippen molar-refractivity contribution in [2.75, 3.05) is 5.75 Å². The number of nitrogens with zero attached hydrogens (tertiary/aromatic N) is 1. The smallest absolute Gasteiger partial charge is 0.356 e. The lowest BCUT2D eigenvalue weighted by Gasteiger charge is -1.88. The van der Waals surface area contributed by atoms with Crippen molar-refractivity contribution in [1.82, 2.24) is 4.98 Å². The molecule has 0 aliphatic heterocycles. The molecule has 5 heteroatoms. The summed E-state index contributed by atoms with van der Waals surface area (Å²) in [6.07, 6.45) is 3.50. The van der Waals surface area contributed by atoms with Gasteiger partial charge < -0.3 is 5.11 Å². The third-order valence-corrected chi connectivity index (χ3v) is 2.18. The van der Waals surface area contributed by atoms with Crippen LogP contribution in [0.3, 0.4) is 0 Å². The van der Waals surface area contributed by atoms with Gasteiger partial charge in [-0.25, -0.2) is 9.78 Å². The van der Waals surface area contributed by atoms with Gasteiger partial charge in [-0.1, -0.05) is 6.08 Å². The summed E-state index contributed by atoms with van der Waals surface area (Å²) in [6, 6.07) is 0. The third kappa shape index (κ3) is 2.09. The molecule has 0 spiro atoms. The minimum atomic E-state index is -0.991. The lowest BCUT2D eigenvalue weighted by Crippen LogP contribution is -1.97. The number of aromatic carboxylic acids is 1. The van der Waals surface area contributed by atoms with Crippen LogP contribution in [0.4, 0.5) is 0 Å². The van der Waals surface area contributed by atoms with E-state index in [0.29, 0.717) is 10.6 Å². The van der Waals surface area contributed by atoms with E-state index >= 15 is 0 Å².